The van der Waals surface area contributed by atoms with Crippen molar-refractivity contribution in [2.45, 2.75) is 25.1 Å². The zero-order chi connectivity index (χ0) is 25.3. The third-order valence-electron chi connectivity index (χ3n) is 5.45. The summed E-state index contributed by atoms with van der Waals surface area (Å²) in [5, 5.41) is 13.4. The second kappa shape index (κ2) is 12.3. The smallest absolute Gasteiger partial charge is 0.416 e. The Morgan fingerprint density at radius 2 is 1.74 bits per heavy atom. The Bertz CT molecular complexity index is 1180. The topological polar surface area (TPSA) is 83.3 Å². The Labute approximate surface area is 202 Å². The van der Waals surface area contributed by atoms with Gasteiger partial charge in [0.15, 0.2) is 0 Å². The van der Waals surface area contributed by atoms with Crippen LogP contribution in [0.2, 0.25) is 0 Å². The SMILES string of the molecule is CNCCC(Oc1ccc(C(F)(F)F)cc1)c1ccccc1.NCCc1c[nH]c2ccc(O)cc12. The van der Waals surface area contributed by atoms with Gasteiger partial charge in [-0.15, -0.1) is 0 Å². The van der Waals surface area contributed by atoms with Gasteiger partial charge in [0.2, 0.25) is 0 Å². The number of halogens is 3. The molecule has 0 saturated carbocycles. The minimum atomic E-state index is -4.33. The first-order chi connectivity index (χ1) is 16.8. The Balaban J connectivity index is 0.000000223. The van der Waals surface area contributed by atoms with Crippen molar-refractivity contribution in [2.75, 3.05) is 20.1 Å². The third-order valence-corrected chi connectivity index (χ3v) is 5.45. The molecule has 0 fully saturated rings. The molecule has 1 heterocycles. The number of hydrogen-bond donors (Lipinski definition) is 4. The Morgan fingerprint density at radius 1 is 1.03 bits per heavy atom. The number of nitrogens with one attached hydrogen (secondary N) is 2. The lowest BCUT2D eigenvalue weighted by Crippen LogP contribution is -2.16. The molecule has 3 aromatic carbocycles. The summed E-state index contributed by atoms with van der Waals surface area (Å²) in [4.78, 5) is 3.13. The van der Waals surface area contributed by atoms with Crippen molar-refractivity contribution in [3.63, 3.8) is 0 Å². The normalized spacial score (nSPS) is 12.1. The van der Waals surface area contributed by atoms with Crippen LogP contribution < -0.4 is 15.8 Å². The van der Waals surface area contributed by atoms with E-state index in [4.69, 9.17) is 10.5 Å². The molecule has 8 heteroatoms. The monoisotopic (exact) mass is 485 g/mol. The Kier molecular flexibility index (Phi) is 9.17. The number of phenolic OH excluding ortho intramolecular Hbond substituents is 1. The van der Waals surface area contributed by atoms with E-state index in [1.165, 1.54) is 12.1 Å². The van der Waals surface area contributed by atoms with Crippen molar-refractivity contribution in [3.8, 4) is 11.5 Å². The van der Waals surface area contributed by atoms with Crippen molar-refractivity contribution in [1.82, 2.24) is 10.3 Å². The predicted molar refractivity (Wildman–Crippen MR) is 133 cm³/mol. The van der Waals surface area contributed by atoms with Gasteiger partial charge in [0.05, 0.1) is 5.56 Å². The van der Waals surface area contributed by atoms with Crippen LogP contribution in [0, 0.1) is 0 Å². The summed E-state index contributed by atoms with van der Waals surface area (Å²) in [5.74, 6) is 0.725. The molecule has 0 aliphatic heterocycles. The van der Waals surface area contributed by atoms with Crippen molar-refractivity contribution >= 4 is 10.9 Å². The molecule has 1 atom stereocenters. The number of alkyl halides is 3. The van der Waals surface area contributed by atoms with Gasteiger partial charge in [-0.1, -0.05) is 30.3 Å². The summed E-state index contributed by atoms with van der Waals surface area (Å²) in [5.41, 5.74) is 8.00. The highest BCUT2D eigenvalue weighted by molar-refractivity contribution is 5.84. The molecule has 186 valence electrons. The number of rotatable bonds is 8. The van der Waals surface area contributed by atoms with Crippen LogP contribution >= 0.6 is 0 Å². The van der Waals surface area contributed by atoms with E-state index in [0.717, 1.165) is 53.5 Å². The first-order valence-electron chi connectivity index (χ1n) is 11.3. The highest BCUT2D eigenvalue weighted by Crippen LogP contribution is 2.32. The molecule has 0 aliphatic rings. The predicted octanol–water partition coefficient (Wildman–Crippen LogP) is 5.81. The number of hydrogen-bond acceptors (Lipinski definition) is 4. The molecule has 4 rings (SSSR count). The summed E-state index contributed by atoms with van der Waals surface area (Å²) in [6.45, 7) is 1.38. The van der Waals surface area contributed by atoms with E-state index in [2.05, 4.69) is 10.3 Å². The maximum absolute atomic E-state index is 12.6. The van der Waals surface area contributed by atoms with E-state index < -0.39 is 11.7 Å². The minimum Gasteiger partial charge on any atom is -0.508 e. The van der Waals surface area contributed by atoms with E-state index in [1.54, 1.807) is 12.1 Å². The zero-order valence-electron chi connectivity index (χ0n) is 19.5. The van der Waals surface area contributed by atoms with Gasteiger partial charge in [-0.25, -0.2) is 0 Å². The molecule has 35 heavy (non-hydrogen) atoms. The summed E-state index contributed by atoms with van der Waals surface area (Å²) in [6, 6.07) is 19.7. The standard InChI is InChI=1S/C17H18F3NO.C10H12N2O/c1-21-12-11-16(13-5-3-2-4-6-13)22-15-9-7-14(8-10-15)17(18,19)20;11-4-3-7-6-12-10-2-1-8(13)5-9(7)10/h2-10,16,21H,11-12H2,1H3;1-2,5-6,12-13H,3-4,11H2. The molecule has 0 amide bonds. The lowest BCUT2D eigenvalue weighted by molar-refractivity contribution is -0.137. The van der Waals surface area contributed by atoms with Crippen LogP contribution in [-0.4, -0.2) is 30.2 Å². The molecular formula is C27H30F3N3O2. The number of aromatic hydroxyl groups is 1. The van der Waals surface area contributed by atoms with Crippen LogP contribution in [0.1, 0.15) is 29.2 Å². The number of ether oxygens (including phenoxy) is 1. The molecule has 0 radical (unpaired) electrons. The van der Waals surface area contributed by atoms with Gasteiger partial charge in [0.1, 0.15) is 17.6 Å². The van der Waals surface area contributed by atoms with Gasteiger partial charge in [-0.05, 0) is 80.1 Å². The number of nitrogens with two attached hydrogens (primary N) is 1. The van der Waals surface area contributed by atoms with Crippen molar-refractivity contribution in [3.05, 3.63) is 95.7 Å². The van der Waals surface area contributed by atoms with E-state index >= 15 is 0 Å². The summed E-state index contributed by atoms with van der Waals surface area (Å²) < 4.78 is 43.6. The van der Waals surface area contributed by atoms with Crippen LogP contribution in [0.5, 0.6) is 11.5 Å². The van der Waals surface area contributed by atoms with Crippen molar-refractivity contribution < 1.29 is 23.0 Å². The number of benzene rings is 3. The van der Waals surface area contributed by atoms with Gasteiger partial charge in [-0.3, -0.25) is 0 Å². The molecule has 1 unspecified atom stereocenters. The van der Waals surface area contributed by atoms with E-state index in [1.807, 2.05) is 49.6 Å². The van der Waals surface area contributed by atoms with Crippen LogP contribution in [0.4, 0.5) is 13.2 Å². The second-order valence-corrected chi connectivity index (χ2v) is 8.01. The molecule has 0 bridgehead atoms. The van der Waals surface area contributed by atoms with Crippen LogP contribution in [0.25, 0.3) is 10.9 Å². The Morgan fingerprint density at radius 3 is 2.37 bits per heavy atom. The van der Waals surface area contributed by atoms with Crippen molar-refractivity contribution in [2.24, 2.45) is 5.73 Å². The minimum absolute atomic E-state index is 0.203. The van der Waals surface area contributed by atoms with E-state index in [9.17, 15) is 18.3 Å². The molecule has 1 aromatic heterocycles. The summed E-state index contributed by atoms with van der Waals surface area (Å²) >= 11 is 0. The average Bonchev–Trinajstić information content (AvgIpc) is 3.24. The molecule has 4 aromatic rings. The van der Waals surface area contributed by atoms with Crippen molar-refractivity contribution in [1.29, 1.82) is 0 Å². The number of H-pyrrole nitrogens is 1. The molecule has 0 saturated heterocycles. The molecule has 0 spiro atoms. The zero-order valence-corrected chi connectivity index (χ0v) is 19.5. The highest BCUT2D eigenvalue weighted by atomic mass is 19.4. The largest absolute Gasteiger partial charge is 0.508 e. The van der Waals surface area contributed by atoms with Crippen LogP contribution in [-0.2, 0) is 12.6 Å². The van der Waals surface area contributed by atoms with Crippen LogP contribution in [0.15, 0.2) is 79.0 Å². The maximum Gasteiger partial charge on any atom is 0.416 e. The van der Waals surface area contributed by atoms with Gasteiger partial charge in [0, 0.05) is 23.5 Å². The van der Waals surface area contributed by atoms with E-state index in [-0.39, 0.29) is 6.10 Å². The first-order valence-corrected chi connectivity index (χ1v) is 11.3. The van der Waals surface area contributed by atoms with Gasteiger partial charge in [0.25, 0.3) is 0 Å². The summed E-state index contributed by atoms with van der Waals surface area (Å²) in [7, 11) is 1.85. The fraction of sp³-hybridized carbons (Fsp3) is 0.259. The van der Waals surface area contributed by atoms with Gasteiger partial charge >= 0.3 is 6.18 Å². The number of aromatic amines is 1. The highest BCUT2D eigenvalue weighted by Gasteiger charge is 2.30. The lowest BCUT2D eigenvalue weighted by Gasteiger charge is -2.20. The molecule has 5 N–H and O–H groups in total. The fourth-order valence-corrected chi connectivity index (χ4v) is 3.65. The van der Waals surface area contributed by atoms with E-state index in [0.29, 0.717) is 18.0 Å². The molecular weight excluding hydrogens is 455 g/mol. The maximum atomic E-state index is 12.6. The number of aromatic nitrogens is 1. The quantitative estimate of drug-likeness (QED) is 0.254. The number of fused-ring (bicyclic) bond motifs is 1. The Hall–Kier alpha value is -3.49. The van der Waals surface area contributed by atoms with Crippen LogP contribution in [0.3, 0.4) is 0 Å². The second-order valence-electron chi connectivity index (χ2n) is 8.01. The third kappa shape index (κ3) is 7.50. The number of phenols is 1. The average molecular weight is 486 g/mol. The fourth-order valence-electron chi connectivity index (χ4n) is 3.65. The van der Waals surface area contributed by atoms with Gasteiger partial charge < -0.3 is 25.9 Å². The molecule has 0 aliphatic carbocycles. The molecule has 5 nitrogen and oxygen atoms in total. The first kappa shape index (κ1) is 26.1. The summed E-state index contributed by atoms with van der Waals surface area (Å²) in [6.07, 6.45) is -1.03. The van der Waals surface area contributed by atoms with Gasteiger partial charge in [-0.2, -0.15) is 13.2 Å². The lowest BCUT2D eigenvalue weighted by atomic mass is 10.1.